The molecule has 5 heteroatoms. The van der Waals surface area contributed by atoms with E-state index in [-0.39, 0.29) is 0 Å². The third-order valence-corrected chi connectivity index (χ3v) is 8.34. The number of rotatable bonds is 6. The second-order valence-corrected chi connectivity index (χ2v) is 10.9. The number of anilines is 4. The van der Waals surface area contributed by atoms with Gasteiger partial charge >= 0.3 is 0 Å². The lowest BCUT2D eigenvalue weighted by molar-refractivity contribution is 1.27. The zero-order valence-electron chi connectivity index (χ0n) is 22.2. The third kappa shape index (κ3) is 4.95. The van der Waals surface area contributed by atoms with Crippen molar-refractivity contribution in [2.75, 3.05) is 10.3 Å². The smallest absolute Gasteiger partial charge is 0.108 e. The van der Waals surface area contributed by atoms with Crippen molar-refractivity contribution in [3.05, 3.63) is 146 Å². The average molecular weight is 547 g/mol. The molecule has 5 aromatic carbocycles. The molecule has 196 valence electrons. The first kappa shape index (κ1) is 24.8. The van der Waals surface area contributed by atoms with Crippen LogP contribution in [0.25, 0.3) is 31.3 Å². The molecule has 0 radical (unpaired) electrons. The molecule has 0 amide bonds. The maximum atomic E-state index is 8.01. The van der Waals surface area contributed by atoms with Crippen LogP contribution in [-0.2, 0) is 0 Å². The highest BCUT2D eigenvalue weighted by Crippen LogP contribution is 2.38. The van der Waals surface area contributed by atoms with Crippen LogP contribution in [0.5, 0.6) is 0 Å². The van der Waals surface area contributed by atoms with E-state index in [9.17, 15) is 0 Å². The summed E-state index contributed by atoms with van der Waals surface area (Å²) < 4.78 is 2.64. The summed E-state index contributed by atoms with van der Waals surface area (Å²) in [7, 11) is 0. The summed E-state index contributed by atoms with van der Waals surface area (Å²) in [6.07, 6.45) is 7.28. The van der Waals surface area contributed by atoms with Crippen LogP contribution in [-0.4, -0.2) is 11.4 Å². The minimum Gasteiger partial charge on any atom is -0.311 e. The number of fused-ring (bicyclic) bond motifs is 3. The first-order valence-corrected chi connectivity index (χ1v) is 14.3. The van der Waals surface area contributed by atoms with Crippen molar-refractivity contribution in [2.45, 2.75) is 0 Å². The van der Waals surface area contributed by atoms with Gasteiger partial charge in [-0.15, -0.1) is 11.3 Å². The average Bonchev–Trinajstić information content (AvgIpc) is 3.40. The molecular weight excluding hydrogens is 520 g/mol. The molecule has 1 aliphatic rings. The number of thiophene rings is 1. The topological polar surface area (TPSA) is 51.5 Å². The fourth-order valence-corrected chi connectivity index (χ4v) is 6.20. The van der Waals surface area contributed by atoms with Gasteiger partial charge in [0.2, 0.25) is 0 Å². The first-order valence-electron chi connectivity index (χ1n) is 13.5. The van der Waals surface area contributed by atoms with E-state index in [1.54, 1.807) is 6.08 Å². The highest BCUT2D eigenvalue weighted by Gasteiger charge is 2.13. The van der Waals surface area contributed by atoms with E-state index >= 15 is 0 Å². The molecular formula is C36H26N4S. The van der Waals surface area contributed by atoms with E-state index in [0.29, 0.717) is 11.4 Å². The van der Waals surface area contributed by atoms with E-state index in [1.165, 1.54) is 31.3 Å². The predicted octanol–water partition coefficient (Wildman–Crippen LogP) is 10.1. The lowest BCUT2D eigenvalue weighted by atomic mass is 10.0. The molecule has 0 saturated carbocycles. The van der Waals surface area contributed by atoms with Crippen LogP contribution in [0.1, 0.15) is 0 Å². The van der Waals surface area contributed by atoms with Gasteiger partial charge in [0.15, 0.2) is 0 Å². The molecule has 0 atom stereocenters. The standard InChI is InChI=1S/C36H26N4S/c37-33-11-5-6-12-34(33)39-38-27-17-21-30(22-18-27)40(28-8-2-1-3-9-28)29-19-14-25(15-20-29)26-16-23-36-32(24-26)31-10-4-7-13-35(31)41-36/h1-24,37-38H/b37-33?,39-34-. The zero-order chi connectivity index (χ0) is 27.6. The van der Waals surface area contributed by atoms with Crippen LogP contribution in [0.15, 0.2) is 151 Å². The van der Waals surface area contributed by atoms with Gasteiger partial charge in [-0.2, -0.15) is 5.10 Å². The fraction of sp³-hybridized carbons (Fsp3) is 0. The Kier molecular flexibility index (Phi) is 6.47. The predicted molar refractivity (Wildman–Crippen MR) is 177 cm³/mol. The van der Waals surface area contributed by atoms with Crippen LogP contribution < -0.4 is 10.3 Å². The van der Waals surface area contributed by atoms with Crippen molar-refractivity contribution < 1.29 is 0 Å². The van der Waals surface area contributed by atoms with E-state index in [0.717, 1.165) is 22.7 Å². The summed E-state index contributed by atoms with van der Waals surface area (Å²) >= 11 is 1.85. The van der Waals surface area contributed by atoms with Gasteiger partial charge in [0.05, 0.1) is 11.4 Å². The van der Waals surface area contributed by atoms with E-state index in [1.807, 2.05) is 47.8 Å². The molecule has 1 heterocycles. The van der Waals surface area contributed by atoms with Crippen molar-refractivity contribution in [3.8, 4) is 11.1 Å². The largest absolute Gasteiger partial charge is 0.311 e. The molecule has 1 aliphatic carbocycles. The lowest BCUT2D eigenvalue weighted by Gasteiger charge is -2.26. The fourth-order valence-electron chi connectivity index (χ4n) is 5.11. The Labute approximate surface area is 242 Å². The Morgan fingerprint density at radius 1 is 0.585 bits per heavy atom. The number of nitrogens with zero attached hydrogens (tertiary/aromatic N) is 2. The normalized spacial score (nSPS) is 13.8. The SMILES string of the molecule is N=C1C=CC=C/C1=N/Nc1ccc(N(c2ccccc2)c2ccc(-c3ccc4sc5ccccc5c4c3)cc2)cc1. The second-order valence-electron chi connectivity index (χ2n) is 9.81. The molecule has 0 saturated heterocycles. The number of hydrogen-bond donors (Lipinski definition) is 2. The number of benzene rings is 5. The van der Waals surface area contributed by atoms with Crippen LogP contribution in [0, 0.1) is 5.41 Å². The Hall–Kier alpha value is -5.26. The summed E-state index contributed by atoms with van der Waals surface area (Å²) in [5.74, 6) is 0. The Balaban J connectivity index is 1.19. The summed E-state index contributed by atoms with van der Waals surface area (Å²) in [6, 6.07) is 42.8. The van der Waals surface area contributed by atoms with Gasteiger partial charge in [-0.1, -0.05) is 66.7 Å². The van der Waals surface area contributed by atoms with Gasteiger partial charge < -0.3 is 4.90 Å². The second kappa shape index (κ2) is 10.7. The van der Waals surface area contributed by atoms with Crippen LogP contribution in [0.3, 0.4) is 0 Å². The van der Waals surface area contributed by atoms with Crippen LogP contribution in [0.4, 0.5) is 22.7 Å². The molecule has 2 N–H and O–H groups in total. The van der Waals surface area contributed by atoms with Crippen LogP contribution >= 0.6 is 11.3 Å². The number of allylic oxidation sites excluding steroid dienone is 4. The van der Waals surface area contributed by atoms with Crippen molar-refractivity contribution in [1.82, 2.24) is 0 Å². The van der Waals surface area contributed by atoms with Crippen molar-refractivity contribution >= 4 is 65.7 Å². The Bertz CT molecular complexity index is 1960. The van der Waals surface area contributed by atoms with E-state index in [4.69, 9.17) is 5.41 Å². The first-order chi connectivity index (χ1) is 20.2. The molecule has 4 nitrogen and oxygen atoms in total. The molecule has 0 unspecified atom stereocenters. The van der Waals surface area contributed by atoms with E-state index < -0.39 is 0 Å². The molecule has 0 spiro atoms. The molecule has 41 heavy (non-hydrogen) atoms. The van der Waals surface area contributed by atoms with Gasteiger partial charge in [0, 0.05) is 37.2 Å². The summed E-state index contributed by atoms with van der Waals surface area (Å²) in [5.41, 5.74) is 10.5. The van der Waals surface area contributed by atoms with Gasteiger partial charge in [0.25, 0.3) is 0 Å². The third-order valence-electron chi connectivity index (χ3n) is 7.18. The minimum absolute atomic E-state index is 0.388. The van der Waals surface area contributed by atoms with Crippen LogP contribution in [0.2, 0.25) is 0 Å². The maximum Gasteiger partial charge on any atom is 0.108 e. The zero-order valence-corrected chi connectivity index (χ0v) is 23.0. The summed E-state index contributed by atoms with van der Waals surface area (Å²) in [4.78, 5) is 2.25. The number of para-hydroxylation sites is 1. The van der Waals surface area contributed by atoms with Gasteiger partial charge in [0.1, 0.15) is 5.71 Å². The highest BCUT2D eigenvalue weighted by molar-refractivity contribution is 7.25. The van der Waals surface area contributed by atoms with Gasteiger partial charge in [-0.3, -0.25) is 10.8 Å². The van der Waals surface area contributed by atoms with Gasteiger partial charge in [-0.05, 0) is 90.0 Å². The quantitative estimate of drug-likeness (QED) is 0.161. The Morgan fingerprint density at radius 3 is 2.00 bits per heavy atom. The number of hydrogen-bond acceptors (Lipinski definition) is 5. The summed E-state index contributed by atoms with van der Waals surface area (Å²) in [6.45, 7) is 0. The molecule has 7 rings (SSSR count). The molecule has 6 aromatic rings. The summed E-state index contributed by atoms with van der Waals surface area (Å²) in [5, 5.41) is 15.0. The van der Waals surface area contributed by atoms with Crippen molar-refractivity contribution in [3.63, 3.8) is 0 Å². The number of nitrogens with one attached hydrogen (secondary N) is 2. The minimum atomic E-state index is 0.388. The van der Waals surface area contributed by atoms with Crippen molar-refractivity contribution in [2.24, 2.45) is 5.10 Å². The lowest BCUT2D eigenvalue weighted by Crippen LogP contribution is -2.12. The maximum absolute atomic E-state index is 8.01. The molecule has 0 fully saturated rings. The molecule has 1 aromatic heterocycles. The van der Waals surface area contributed by atoms with Gasteiger partial charge in [-0.25, -0.2) is 0 Å². The van der Waals surface area contributed by atoms with E-state index in [2.05, 4.69) is 119 Å². The molecule has 0 bridgehead atoms. The monoisotopic (exact) mass is 546 g/mol. The Morgan fingerprint density at radius 2 is 1.22 bits per heavy atom. The van der Waals surface area contributed by atoms with Crippen molar-refractivity contribution in [1.29, 1.82) is 5.41 Å². The number of hydrazone groups is 1. The molecule has 0 aliphatic heterocycles. The highest BCUT2D eigenvalue weighted by atomic mass is 32.1.